The van der Waals surface area contributed by atoms with Crippen molar-refractivity contribution in [3.63, 3.8) is 0 Å². The minimum Gasteiger partial charge on any atom is -0.493 e. The molecule has 18 heavy (non-hydrogen) atoms. The highest BCUT2D eigenvalue weighted by atomic mass is 16.5. The zero-order valence-corrected chi connectivity index (χ0v) is 10.9. The van der Waals surface area contributed by atoms with E-state index in [1.165, 1.54) is 0 Å². The normalized spacial score (nSPS) is 15.1. The van der Waals surface area contributed by atoms with Crippen LogP contribution in [0, 0.1) is 0 Å². The maximum atomic E-state index is 5.68. The molecule has 2 rings (SSSR count). The second-order valence-electron chi connectivity index (χ2n) is 4.09. The lowest BCUT2D eigenvalue weighted by Crippen LogP contribution is -1.93. The summed E-state index contributed by atoms with van der Waals surface area (Å²) in [7, 11) is 3.28. The molecule has 96 valence electrons. The van der Waals surface area contributed by atoms with Gasteiger partial charge in [0.2, 0.25) is 0 Å². The molecule has 0 bridgehead atoms. The Balaban J connectivity index is 2.32. The average molecular weight is 246 g/mol. The quantitative estimate of drug-likeness (QED) is 0.587. The molecule has 0 spiro atoms. The Hall–Kier alpha value is -1.90. The fraction of sp³-hybridized carbons (Fsp3) is 0.333. The Morgan fingerprint density at radius 3 is 2.61 bits per heavy atom. The molecule has 0 saturated carbocycles. The minimum absolute atomic E-state index is 0.593. The molecule has 0 amide bonds. The van der Waals surface area contributed by atoms with Gasteiger partial charge in [0.1, 0.15) is 12.4 Å². The van der Waals surface area contributed by atoms with E-state index in [0.29, 0.717) is 6.61 Å². The molecule has 1 aromatic rings. The van der Waals surface area contributed by atoms with Crippen molar-refractivity contribution in [2.45, 2.75) is 19.4 Å². The van der Waals surface area contributed by atoms with Gasteiger partial charge in [-0.25, -0.2) is 0 Å². The Labute approximate surface area is 108 Å². The lowest BCUT2D eigenvalue weighted by molar-refractivity contribution is 0.284. The molecular formula is C15H18O3. The molecule has 0 radical (unpaired) electrons. The third kappa shape index (κ3) is 2.35. The Morgan fingerprint density at radius 2 is 1.94 bits per heavy atom. The van der Waals surface area contributed by atoms with E-state index in [2.05, 4.69) is 12.7 Å². The largest absolute Gasteiger partial charge is 0.493 e. The van der Waals surface area contributed by atoms with E-state index in [1.807, 2.05) is 18.2 Å². The first-order valence-corrected chi connectivity index (χ1v) is 5.99. The summed E-state index contributed by atoms with van der Waals surface area (Å²) >= 11 is 0. The first-order valence-electron chi connectivity index (χ1n) is 5.99. The summed E-state index contributed by atoms with van der Waals surface area (Å²) in [6.45, 7) is 4.31. The summed E-state index contributed by atoms with van der Waals surface area (Å²) in [5.74, 6) is 2.40. The number of methoxy groups -OCH3 is 2. The summed E-state index contributed by atoms with van der Waals surface area (Å²) in [6.07, 6.45) is 5.89. The molecule has 1 heterocycles. The van der Waals surface area contributed by atoms with Gasteiger partial charge in [0.15, 0.2) is 11.5 Å². The van der Waals surface area contributed by atoms with E-state index in [-0.39, 0.29) is 0 Å². The van der Waals surface area contributed by atoms with Gasteiger partial charge in [-0.1, -0.05) is 6.08 Å². The lowest BCUT2D eigenvalue weighted by Gasteiger charge is -2.09. The molecule has 0 N–H and O–H groups in total. The van der Waals surface area contributed by atoms with Crippen LogP contribution in [0.25, 0.3) is 5.76 Å². The van der Waals surface area contributed by atoms with Gasteiger partial charge in [-0.2, -0.15) is 0 Å². The monoisotopic (exact) mass is 246 g/mol. The van der Waals surface area contributed by atoms with Crippen LogP contribution >= 0.6 is 0 Å². The van der Waals surface area contributed by atoms with Gasteiger partial charge in [0.05, 0.1) is 14.2 Å². The molecule has 3 nitrogen and oxygen atoms in total. The van der Waals surface area contributed by atoms with Crippen LogP contribution in [-0.4, -0.2) is 14.2 Å². The van der Waals surface area contributed by atoms with E-state index in [9.17, 15) is 0 Å². The Bertz CT molecular complexity index is 475. The van der Waals surface area contributed by atoms with Crippen LogP contribution in [0.3, 0.4) is 0 Å². The molecule has 0 fully saturated rings. The third-order valence-electron chi connectivity index (χ3n) is 2.96. The molecule has 3 heteroatoms. The van der Waals surface area contributed by atoms with Gasteiger partial charge < -0.3 is 14.2 Å². The van der Waals surface area contributed by atoms with Crippen LogP contribution in [0.4, 0.5) is 0 Å². The molecule has 0 unspecified atom stereocenters. The van der Waals surface area contributed by atoms with Gasteiger partial charge >= 0.3 is 0 Å². The van der Waals surface area contributed by atoms with Crippen molar-refractivity contribution in [3.05, 3.63) is 42.0 Å². The predicted octanol–water partition coefficient (Wildman–Crippen LogP) is 3.54. The Kier molecular flexibility index (Phi) is 3.92. The van der Waals surface area contributed by atoms with Crippen LogP contribution in [0.1, 0.15) is 24.0 Å². The van der Waals surface area contributed by atoms with Crippen molar-refractivity contribution in [2.75, 3.05) is 14.2 Å². The van der Waals surface area contributed by atoms with Gasteiger partial charge in [0.25, 0.3) is 0 Å². The molecule has 0 aromatic heterocycles. The van der Waals surface area contributed by atoms with Gasteiger partial charge in [-0.15, -0.1) is 6.58 Å². The predicted molar refractivity (Wildman–Crippen MR) is 71.7 cm³/mol. The fourth-order valence-electron chi connectivity index (χ4n) is 2.00. The number of fused-ring (bicyclic) bond motifs is 1. The number of rotatable bonds is 5. The second kappa shape index (κ2) is 5.63. The van der Waals surface area contributed by atoms with Crippen molar-refractivity contribution in [1.29, 1.82) is 0 Å². The van der Waals surface area contributed by atoms with Crippen LogP contribution in [-0.2, 0) is 11.3 Å². The Morgan fingerprint density at radius 1 is 1.22 bits per heavy atom. The van der Waals surface area contributed by atoms with Crippen molar-refractivity contribution < 1.29 is 14.2 Å². The smallest absolute Gasteiger partial charge is 0.161 e. The van der Waals surface area contributed by atoms with Gasteiger partial charge in [0, 0.05) is 11.1 Å². The van der Waals surface area contributed by atoms with E-state index in [1.54, 1.807) is 14.2 Å². The molecule has 0 aliphatic carbocycles. The first kappa shape index (κ1) is 12.6. The van der Waals surface area contributed by atoms with E-state index < -0.39 is 0 Å². The summed E-state index contributed by atoms with van der Waals surface area (Å²) in [5, 5.41) is 0. The number of ether oxygens (including phenoxy) is 3. The number of unbranched alkanes of at least 4 members (excludes halogenated alkanes) is 1. The average Bonchev–Trinajstić information content (AvgIpc) is 2.80. The number of allylic oxidation sites excluding steroid dienone is 2. The minimum atomic E-state index is 0.593. The molecular weight excluding hydrogens is 228 g/mol. The maximum Gasteiger partial charge on any atom is 0.161 e. The van der Waals surface area contributed by atoms with Gasteiger partial charge in [-0.05, 0) is 31.1 Å². The van der Waals surface area contributed by atoms with E-state index in [4.69, 9.17) is 14.2 Å². The van der Waals surface area contributed by atoms with Crippen molar-refractivity contribution in [2.24, 2.45) is 0 Å². The fourth-order valence-corrected chi connectivity index (χ4v) is 2.00. The van der Waals surface area contributed by atoms with Crippen LogP contribution < -0.4 is 9.47 Å². The highest BCUT2D eigenvalue weighted by Crippen LogP contribution is 2.38. The summed E-state index contributed by atoms with van der Waals surface area (Å²) in [6, 6.07) is 3.95. The zero-order chi connectivity index (χ0) is 13.0. The van der Waals surface area contributed by atoms with Crippen LogP contribution in [0.2, 0.25) is 0 Å². The summed E-state index contributed by atoms with van der Waals surface area (Å²) in [5.41, 5.74) is 2.23. The maximum absolute atomic E-state index is 5.68. The molecule has 0 atom stereocenters. The molecule has 1 aliphatic heterocycles. The first-order chi connectivity index (χ1) is 8.80. The van der Waals surface area contributed by atoms with Crippen molar-refractivity contribution in [3.8, 4) is 11.5 Å². The number of benzene rings is 1. The summed E-state index contributed by atoms with van der Waals surface area (Å²) in [4.78, 5) is 0. The number of hydrogen-bond acceptors (Lipinski definition) is 3. The van der Waals surface area contributed by atoms with Crippen LogP contribution in [0.5, 0.6) is 11.5 Å². The highest BCUT2D eigenvalue weighted by molar-refractivity contribution is 5.69. The number of hydrogen-bond donors (Lipinski definition) is 0. The molecule has 1 aromatic carbocycles. The molecule has 0 saturated heterocycles. The second-order valence-corrected chi connectivity index (χ2v) is 4.09. The standard InChI is InChI=1S/C15H18O3/c1-4-5-6-7-13-12-9-15(17-3)14(16-2)8-11(12)10-18-13/h4,7-9H,1,5-6,10H2,2-3H3/b13-7-. The van der Waals surface area contributed by atoms with E-state index in [0.717, 1.165) is 41.2 Å². The van der Waals surface area contributed by atoms with Crippen molar-refractivity contribution in [1.82, 2.24) is 0 Å². The third-order valence-corrected chi connectivity index (χ3v) is 2.96. The molecule has 1 aliphatic rings. The van der Waals surface area contributed by atoms with Gasteiger partial charge in [-0.3, -0.25) is 0 Å². The highest BCUT2D eigenvalue weighted by Gasteiger charge is 2.20. The lowest BCUT2D eigenvalue weighted by atomic mass is 10.1. The summed E-state index contributed by atoms with van der Waals surface area (Å²) < 4.78 is 16.3. The topological polar surface area (TPSA) is 27.7 Å². The zero-order valence-electron chi connectivity index (χ0n) is 10.9. The van der Waals surface area contributed by atoms with Crippen molar-refractivity contribution >= 4 is 5.76 Å². The van der Waals surface area contributed by atoms with E-state index >= 15 is 0 Å². The van der Waals surface area contributed by atoms with Crippen LogP contribution in [0.15, 0.2) is 30.9 Å². The SMILES string of the molecule is C=CCC/C=C1\OCc2cc(OC)c(OC)cc21.